The quantitative estimate of drug-likeness (QED) is 0.628. The van der Waals surface area contributed by atoms with E-state index in [0.717, 1.165) is 12.3 Å². The summed E-state index contributed by atoms with van der Waals surface area (Å²) in [5.74, 6) is -1.73. The third kappa shape index (κ3) is 4.93. The van der Waals surface area contributed by atoms with E-state index in [1.165, 1.54) is 18.2 Å². The van der Waals surface area contributed by atoms with E-state index in [1.807, 2.05) is 0 Å². The molecule has 0 amide bonds. The van der Waals surface area contributed by atoms with E-state index in [9.17, 15) is 26.4 Å². The van der Waals surface area contributed by atoms with Gasteiger partial charge in [0.15, 0.2) is 0 Å². The summed E-state index contributed by atoms with van der Waals surface area (Å²) in [5.41, 5.74) is -0.643. The van der Waals surface area contributed by atoms with Crippen molar-refractivity contribution >= 4 is 16.0 Å². The van der Waals surface area contributed by atoms with Crippen LogP contribution in [0.25, 0.3) is 0 Å². The lowest BCUT2D eigenvalue weighted by atomic mass is 10.0. The number of rotatable bonds is 6. The van der Waals surface area contributed by atoms with E-state index < -0.39 is 39.6 Å². The second-order valence-electron chi connectivity index (χ2n) is 5.37. The number of carbonyl (C=O) groups is 1. The summed E-state index contributed by atoms with van der Waals surface area (Å²) in [6.07, 6.45) is -3.20. The topological polar surface area (TPSA) is 72.5 Å². The number of esters is 1. The lowest BCUT2D eigenvalue weighted by Crippen LogP contribution is -2.27. The van der Waals surface area contributed by atoms with Crippen molar-refractivity contribution in [2.75, 3.05) is 19.4 Å². The zero-order valence-electron chi connectivity index (χ0n) is 12.3. The van der Waals surface area contributed by atoms with Crippen LogP contribution in [0.15, 0.2) is 24.3 Å². The minimum atomic E-state index is -4.47. The number of halogens is 3. The number of hydrogen-bond acceptors (Lipinski definition) is 4. The third-order valence-electron chi connectivity index (χ3n) is 3.47. The normalized spacial score (nSPS) is 21.0. The van der Waals surface area contributed by atoms with Crippen LogP contribution in [0.5, 0.6) is 0 Å². The second-order valence-corrected chi connectivity index (χ2v) is 7.20. The molecule has 128 valence electrons. The molecule has 2 unspecified atom stereocenters. The Bertz CT molecular complexity index is 688. The Morgan fingerprint density at radius 1 is 1.35 bits per heavy atom. The molecule has 9 heteroatoms. The summed E-state index contributed by atoms with van der Waals surface area (Å²) in [5, 5.41) is 0. The van der Waals surface area contributed by atoms with Crippen molar-refractivity contribution in [3.05, 3.63) is 35.4 Å². The maximum atomic E-state index is 12.9. The van der Waals surface area contributed by atoms with E-state index in [1.54, 1.807) is 0 Å². The van der Waals surface area contributed by atoms with Gasteiger partial charge >= 0.3 is 12.1 Å². The summed E-state index contributed by atoms with van der Waals surface area (Å²) in [6.45, 7) is -0.225. The van der Waals surface area contributed by atoms with Gasteiger partial charge in [0, 0.05) is 6.54 Å². The fourth-order valence-electron chi connectivity index (χ4n) is 2.36. The number of ether oxygens (including phenoxy) is 1. The highest BCUT2D eigenvalue weighted by Crippen LogP contribution is 2.51. The molecule has 2 rings (SSSR count). The Hall–Kier alpha value is -1.61. The van der Waals surface area contributed by atoms with Gasteiger partial charge in [0.1, 0.15) is 6.61 Å². The van der Waals surface area contributed by atoms with Crippen LogP contribution >= 0.6 is 0 Å². The van der Waals surface area contributed by atoms with E-state index in [-0.39, 0.29) is 18.7 Å². The Labute approximate surface area is 131 Å². The van der Waals surface area contributed by atoms with Gasteiger partial charge in [-0.05, 0) is 24.0 Å². The molecule has 23 heavy (non-hydrogen) atoms. The van der Waals surface area contributed by atoms with Crippen molar-refractivity contribution in [2.24, 2.45) is 5.92 Å². The molecule has 1 aliphatic rings. The fourth-order valence-corrected chi connectivity index (χ4v) is 2.82. The van der Waals surface area contributed by atoms with Crippen LogP contribution in [0.2, 0.25) is 0 Å². The Morgan fingerprint density at radius 3 is 2.61 bits per heavy atom. The molecule has 1 aromatic rings. The Kier molecular flexibility index (Phi) is 5.00. The summed E-state index contributed by atoms with van der Waals surface area (Å²) in [7, 11) is -3.37. The predicted molar refractivity (Wildman–Crippen MR) is 76.1 cm³/mol. The van der Waals surface area contributed by atoms with Crippen LogP contribution in [0.4, 0.5) is 13.2 Å². The number of nitrogens with one attached hydrogen (secondary N) is 1. The summed E-state index contributed by atoms with van der Waals surface area (Å²) in [6, 6.07) is 5.16. The monoisotopic (exact) mass is 351 g/mol. The Morgan fingerprint density at radius 2 is 2.00 bits per heavy atom. The van der Waals surface area contributed by atoms with Crippen molar-refractivity contribution in [3.63, 3.8) is 0 Å². The van der Waals surface area contributed by atoms with Gasteiger partial charge in [-0.1, -0.05) is 18.2 Å². The van der Waals surface area contributed by atoms with Crippen LogP contribution in [0.1, 0.15) is 23.5 Å². The van der Waals surface area contributed by atoms with E-state index >= 15 is 0 Å². The van der Waals surface area contributed by atoms with E-state index in [2.05, 4.69) is 4.72 Å². The molecule has 2 atom stereocenters. The number of alkyl halides is 3. The van der Waals surface area contributed by atoms with Crippen LogP contribution in [0.3, 0.4) is 0 Å². The maximum Gasteiger partial charge on any atom is 0.416 e. The Balaban J connectivity index is 1.91. The van der Waals surface area contributed by atoms with Crippen LogP contribution in [-0.2, 0) is 25.7 Å². The summed E-state index contributed by atoms with van der Waals surface area (Å²) in [4.78, 5) is 11.8. The first-order chi connectivity index (χ1) is 10.6. The molecule has 0 aromatic heterocycles. The highest BCUT2D eigenvalue weighted by molar-refractivity contribution is 7.88. The average molecular weight is 351 g/mol. The number of hydrogen-bond donors (Lipinski definition) is 1. The zero-order chi connectivity index (χ0) is 17.3. The first kappa shape index (κ1) is 17.7. The molecular formula is C14H16F3NO4S. The molecule has 1 fully saturated rings. The van der Waals surface area contributed by atoms with E-state index in [0.29, 0.717) is 6.42 Å². The van der Waals surface area contributed by atoms with Crippen LogP contribution in [0, 0.1) is 5.92 Å². The van der Waals surface area contributed by atoms with Gasteiger partial charge < -0.3 is 4.74 Å². The number of carbonyl (C=O) groups excluding carboxylic acids is 1. The molecule has 0 saturated heterocycles. The van der Waals surface area contributed by atoms with Gasteiger partial charge in [0.25, 0.3) is 0 Å². The van der Waals surface area contributed by atoms with Crippen molar-refractivity contribution in [3.8, 4) is 0 Å². The van der Waals surface area contributed by atoms with Crippen molar-refractivity contribution in [1.29, 1.82) is 0 Å². The van der Waals surface area contributed by atoms with E-state index in [4.69, 9.17) is 4.74 Å². The summed E-state index contributed by atoms with van der Waals surface area (Å²) >= 11 is 0. The smallest absolute Gasteiger partial charge is 0.416 e. The largest absolute Gasteiger partial charge is 0.464 e. The fraction of sp³-hybridized carbons (Fsp3) is 0.500. The minimum Gasteiger partial charge on any atom is -0.464 e. The molecule has 1 N–H and O–H groups in total. The molecule has 0 aliphatic heterocycles. The van der Waals surface area contributed by atoms with Gasteiger partial charge in [-0.15, -0.1) is 0 Å². The SMILES string of the molecule is CS(=O)(=O)NCCOC(=O)C1CC1c1ccccc1C(F)(F)F. The van der Waals surface area contributed by atoms with Crippen LogP contribution in [-0.4, -0.2) is 33.8 Å². The standard InChI is InChI=1S/C14H16F3NO4S/c1-23(20,21)18-6-7-22-13(19)11-8-10(11)9-4-2-3-5-12(9)14(15,16)17/h2-5,10-11,18H,6-8H2,1H3. The number of benzene rings is 1. The number of sulfonamides is 1. The maximum absolute atomic E-state index is 12.9. The average Bonchev–Trinajstić information content (AvgIpc) is 3.22. The third-order valence-corrected chi connectivity index (χ3v) is 4.20. The molecule has 0 spiro atoms. The molecule has 1 aromatic carbocycles. The van der Waals surface area contributed by atoms with Gasteiger partial charge in [-0.2, -0.15) is 13.2 Å². The molecule has 0 bridgehead atoms. The molecule has 5 nitrogen and oxygen atoms in total. The van der Waals surface area contributed by atoms with Crippen molar-refractivity contribution in [1.82, 2.24) is 4.72 Å². The molecule has 1 aliphatic carbocycles. The zero-order valence-corrected chi connectivity index (χ0v) is 13.1. The molecule has 0 heterocycles. The molecule has 0 radical (unpaired) electrons. The van der Waals surface area contributed by atoms with Gasteiger partial charge in [-0.25, -0.2) is 13.1 Å². The van der Waals surface area contributed by atoms with Crippen LogP contribution < -0.4 is 4.72 Å². The van der Waals surface area contributed by atoms with Gasteiger partial charge in [-0.3, -0.25) is 4.79 Å². The highest BCUT2D eigenvalue weighted by atomic mass is 32.2. The summed E-state index contributed by atoms with van der Waals surface area (Å²) < 4.78 is 67.5. The van der Waals surface area contributed by atoms with Crippen molar-refractivity contribution < 1.29 is 31.1 Å². The van der Waals surface area contributed by atoms with Gasteiger partial charge in [0.05, 0.1) is 17.7 Å². The van der Waals surface area contributed by atoms with Crippen molar-refractivity contribution in [2.45, 2.75) is 18.5 Å². The highest BCUT2D eigenvalue weighted by Gasteiger charge is 2.48. The first-order valence-corrected chi connectivity index (χ1v) is 8.76. The molecular weight excluding hydrogens is 335 g/mol. The molecule has 1 saturated carbocycles. The second kappa shape index (κ2) is 6.48. The lowest BCUT2D eigenvalue weighted by Gasteiger charge is -2.12. The minimum absolute atomic E-state index is 0.0684. The first-order valence-electron chi connectivity index (χ1n) is 6.87. The van der Waals surface area contributed by atoms with Gasteiger partial charge in [0.2, 0.25) is 10.0 Å². The lowest BCUT2D eigenvalue weighted by molar-refractivity contribution is -0.145. The predicted octanol–water partition coefficient (Wildman–Crippen LogP) is 1.90.